The molecule has 0 aliphatic rings. The van der Waals surface area contributed by atoms with Gasteiger partial charge in [0.25, 0.3) is 0 Å². The van der Waals surface area contributed by atoms with E-state index in [-0.39, 0.29) is 0 Å². The summed E-state index contributed by atoms with van der Waals surface area (Å²) in [6.07, 6.45) is 1.61. The Hall–Kier alpha value is -0.930. The first-order valence-electron chi connectivity index (χ1n) is 3.30. The van der Waals surface area contributed by atoms with Crippen LogP contribution in [0, 0.1) is 5.51 Å². The number of thiazole rings is 1. The summed E-state index contributed by atoms with van der Waals surface area (Å²) in [4.78, 5) is 8.12. The minimum atomic E-state index is 0.637. The van der Waals surface area contributed by atoms with Gasteiger partial charge in [-0.15, -0.1) is 11.3 Å². The maximum atomic E-state index is 5.68. The molecule has 4 heteroatoms. The van der Waals surface area contributed by atoms with Gasteiger partial charge in [-0.2, -0.15) is 0 Å². The molecule has 2 aromatic rings. The lowest BCUT2D eigenvalue weighted by atomic mass is 10.3. The number of pyridine rings is 1. The highest BCUT2D eigenvalue weighted by Crippen LogP contribution is 2.17. The van der Waals surface area contributed by atoms with Gasteiger partial charge in [0.1, 0.15) is 5.69 Å². The molecule has 2 nitrogen and oxygen atoms in total. The Morgan fingerprint density at radius 3 is 2.83 bits per heavy atom. The Bertz CT molecular complexity index is 355. The summed E-state index contributed by atoms with van der Waals surface area (Å²) in [6.45, 7) is 0. The molecule has 2 heterocycles. The fourth-order valence-electron chi connectivity index (χ4n) is 0.829. The Morgan fingerprint density at radius 2 is 2.25 bits per heavy atom. The standard InChI is InChI=1S/C8H4ClN2S/c9-6-1-2-7(10-3-6)8-4-12-5-11-8/h1-4H. The van der Waals surface area contributed by atoms with E-state index in [2.05, 4.69) is 15.5 Å². The minimum absolute atomic E-state index is 0.637. The second-order valence-electron chi connectivity index (χ2n) is 2.19. The molecule has 2 aromatic heterocycles. The minimum Gasteiger partial charge on any atom is -0.253 e. The van der Waals surface area contributed by atoms with Crippen LogP contribution in [0.3, 0.4) is 0 Å². The van der Waals surface area contributed by atoms with Crippen molar-refractivity contribution in [1.82, 2.24) is 9.97 Å². The van der Waals surface area contributed by atoms with E-state index in [1.165, 1.54) is 11.3 Å². The molecular formula is C8H4ClN2S. The third kappa shape index (κ3) is 1.47. The van der Waals surface area contributed by atoms with Gasteiger partial charge in [0.15, 0.2) is 5.51 Å². The van der Waals surface area contributed by atoms with Gasteiger partial charge >= 0.3 is 0 Å². The Morgan fingerprint density at radius 1 is 1.33 bits per heavy atom. The number of halogens is 1. The van der Waals surface area contributed by atoms with Crippen LogP contribution in [0.1, 0.15) is 0 Å². The summed E-state index contributed by atoms with van der Waals surface area (Å²) in [5.41, 5.74) is 4.44. The van der Waals surface area contributed by atoms with Crippen molar-refractivity contribution in [1.29, 1.82) is 0 Å². The smallest absolute Gasteiger partial charge is 0.152 e. The van der Waals surface area contributed by atoms with Crippen molar-refractivity contribution in [2.75, 3.05) is 0 Å². The second kappa shape index (κ2) is 3.21. The molecule has 0 saturated heterocycles. The average molecular weight is 196 g/mol. The van der Waals surface area contributed by atoms with Crippen molar-refractivity contribution in [3.8, 4) is 11.4 Å². The van der Waals surface area contributed by atoms with Crippen LogP contribution in [0.4, 0.5) is 0 Å². The number of hydrogen-bond donors (Lipinski definition) is 0. The van der Waals surface area contributed by atoms with Crippen molar-refractivity contribution < 1.29 is 0 Å². The van der Waals surface area contributed by atoms with Crippen LogP contribution in [-0.2, 0) is 0 Å². The van der Waals surface area contributed by atoms with E-state index in [0.717, 1.165) is 11.4 Å². The lowest BCUT2D eigenvalue weighted by Gasteiger charge is -1.93. The van der Waals surface area contributed by atoms with Crippen LogP contribution in [-0.4, -0.2) is 9.97 Å². The molecule has 1 radical (unpaired) electrons. The molecule has 0 aliphatic carbocycles. The quantitative estimate of drug-likeness (QED) is 0.699. The predicted molar refractivity (Wildman–Crippen MR) is 49.2 cm³/mol. The van der Waals surface area contributed by atoms with E-state index in [4.69, 9.17) is 11.6 Å². The topological polar surface area (TPSA) is 25.8 Å². The monoisotopic (exact) mass is 195 g/mol. The molecule has 2 rings (SSSR count). The molecule has 0 saturated carbocycles. The van der Waals surface area contributed by atoms with Crippen LogP contribution in [0.25, 0.3) is 11.4 Å². The molecule has 0 aromatic carbocycles. The molecule has 0 aliphatic heterocycles. The molecule has 12 heavy (non-hydrogen) atoms. The van der Waals surface area contributed by atoms with E-state index >= 15 is 0 Å². The van der Waals surface area contributed by atoms with Gasteiger partial charge in [-0.05, 0) is 12.1 Å². The largest absolute Gasteiger partial charge is 0.253 e. The first-order chi connectivity index (χ1) is 5.86. The van der Waals surface area contributed by atoms with Crippen molar-refractivity contribution in [3.05, 3.63) is 34.2 Å². The summed E-state index contributed by atoms with van der Waals surface area (Å²) < 4.78 is 0. The average Bonchev–Trinajstić information content (AvgIpc) is 2.58. The van der Waals surface area contributed by atoms with E-state index in [0.29, 0.717) is 5.02 Å². The zero-order valence-electron chi connectivity index (χ0n) is 5.99. The number of nitrogens with zero attached hydrogens (tertiary/aromatic N) is 2. The van der Waals surface area contributed by atoms with Crippen LogP contribution >= 0.6 is 22.9 Å². The fraction of sp³-hybridized carbons (Fsp3) is 0. The van der Waals surface area contributed by atoms with Gasteiger partial charge in [-0.1, -0.05) is 11.6 Å². The fourth-order valence-corrected chi connectivity index (χ4v) is 1.43. The van der Waals surface area contributed by atoms with Gasteiger partial charge in [0, 0.05) is 11.6 Å². The molecule has 59 valence electrons. The van der Waals surface area contributed by atoms with Crippen molar-refractivity contribution in [2.24, 2.45) is 0 Å². The van der Waals surface area contributed by atoms with Crippen LogP contribution in [0.2, 0.25) is 5.02 Å². The van der Waals surface area contributed by atoms with E-state index < -0.39 is 0 Å². The van der Waals surface area contributed by atoms with Crippen LogP contribution in [0.15, 0.2) is 23.7 Å². The molecule has 0 N–H and O–H groups in total. The van der Waals surface area contributed by atoms with Crippen LogP contribution in [0.5, 0.6) is 0 Å². The Kier molecular flexibility index (Phi) is 2.06. The summed E-state index contributed by atoms with van der Waals surface area (Å²) >= 11 is 7.11. The SMILES string of the molecule is Clc1ccc(-c2cs[c]n2)nc1. The second-order valence-corrected chi connectivity index (χ2v) is 3.28. The van der Waals surface area contributed by atoms with Crippen molar-refractivity contribution >= 4 is 22.9 Å². The summed E-state index contributed by atoms with van der Waals surface area (Å²) in [5.74, 6) is 0. The number of aromatic nitrogens is 2. The van der Waals surface area contributed by atoms with E-state index in [1.807, 2.05) is 11.4 Å². The Balaban J connectivity index is 2.43. The Labute approximate surface area is 78.9 Å². The number of hydrogen-bond acceptors (Lipinski definition) is 3. The van der Waals surface area contributed by atoms with Gasteiger partial charge in [0.2, 0.25) is 0 Å². The van der Waals surface area contributed by atoms with E-state index in [1.54, 1.807) is 12.3 Å². The van der Waals surface area contributed by atoms with Crippen molar-refractivity contribution in [3.63, 3.8) is 0 Å². The first kappa shape index (κ1) is 7.71. The highest BCUT2D eigenvalue weighted by Gasteiger charge is 1.99. The van der Waals surface area contributed by atoms with Crippen LogP contribution < -0.4 is 0 Å². The molecule has 0 bridgehead atoms. The third-order valence-electron chi connectivity index (χ3n) is 1.38. The van der Waals surface area contributed by atoms with Gasteiger partial charge in [-0.3, -0.25) is 4.98 Å². The molecule has 0 atom stereocenters. The lowest BCUT2D eigenvalue weighted by molar-refractivity contribution is 1.28. The molecule has 0 spiro atoms. The molecule has 0 unspecified atom stereocenters. The predicted octanol–water partition coefficient (Wildman–Crippen LogP) is 2.66. The van der Waals surface area contributed by atoms with Gasteiger partial charge < -0.3 is 0 Å². The number of rotatable bonds is 1. The maximum absolute atomic E-state index is 5.68. The summed E-state index contributed by atoms with van der Waals surface area (Å²) in [5, 5.41) is 2.54. The molecular weight excluding hydrogens is 192 g/mol. The zero-order valence-corrected chi connectivity index (χ0v) is 7.56. The zero-order chi connectivity index (χ0) is 8.39. The highest BCUT2D eigenvalue weighted by atomic mass is 35.5. The van der Waals surface area contributed by atoms with Gasteiger partial charge in [0.05, 0.1) is 10.7 Å². The van der Waals surface area contributed by atoms with Gasteiger partial charge in [-0.25, -0.2) is 4.98 Å². The van der Waals surface area contributed by atoms with E-state index in [9.17, 15) is 0 Å². The lowest BCUT2D eigenvalue weighted by Crippen LogP contribution is -1.81. The normalized spacial score (nSPS) is 10.1. The summed E-state index contributed by atoms with van der Waals surface area (Å²) in [6, 6.07) is 3.63. The molecule has 0 amide bonds. The van der Waals surface area contributed by atoms with Crippen molar-refractivity contribution in [2.45, 2.75) is 0 Å². The molecule has 0 fully saturated rings. The summed E-state index contributed by atoms with van der Waals surface area (Å²) in [7, 11) is 0. The maximum Gasteiger partial charge on any atom is 0.152 e. The first-order valence-corrected chi connectivity index (χ1v) is 4.55. The third-order valence-corrected chi connectivity index (χ3v) is 2.14. The highest BCUT2D eigenvalue weighted by molar-refractivity contribution is 7.07.